The molecule has 1 radical (unpaired) electrons. The smallest absolute Gasteiger partial charge is 0.297 e. The lowest BCUT2D eigenvalue weighted by molar-refractivity contribution is 0.568. The molecule has 0 fully saturated rings. The van der Waals surface area contributed by atoms with E-state index in [4.69, 9.17) is 0 Å². The number of hydrogen-bond acceptors (Lipinski definition) is 1. The average Bonchev–Trinajstić information content (AvgIpc) is 2.33. The Morgan fingerprint density at radius 2 is 1.13 bits per heavy atom. The highest BCUT2D eigenvalue weighted by molar-refractivity contribution is 7.04. The predicted molar refractivity (Wildman–Crippen MR) is 63.6 cm³/mol. The first-order valence-corrected chi connectivity index (χ1v) is 4.89. The normalized spacial score (nSPS) is 9.60. The SMILES string of the molecule is O=[C]B(c1ccccc1)c1ccccc1. The van der Waals surface area contributed by atoms with Crippen LogP contribution >= 0.6 is 0 Å². The highest BCUT2D eigenvalue weighted by Crippen LogP contribution is 1.90. The number of carbonyl (C=O) groups excluding carboxylic acids is 1. The van der Waals surface area contributed by atoms with Crippen LogP contribution in [0, 0.1) is 0 Å². The van der Waals surface area contributed by atoms with E-state index in [1.54, 1.807) is 0 Å². The minimum Gasteiger partial charge on any atom is -0.303 e. The molecule has 2 aromatic carbocycles. The van der Waals surface area contributed by atoms with Gasteiger partial charge in [0.2, 0.25) is 0 Å². The standard InChI is InChI=1S/C13H10BO/c15-11-14(12-7-3-1-4-8-12)13-9-5-2-6-10-13/h1-10H. The van der Waals surface area contributed by atoms with Crippen LogP contribution in [0.2, 0.25) is 0 Å². The van der Waals surface area contributed by atoms with E-state index in [0.29, 0.717) is 0 Å². The molecule has 0 aliphatic heterocycles. The Hall–Kier alpha value is -1.83. The molecule has 2 heteroatoms. The molecule has 0 spiro atoms. The summed E-state index contributed by atoms with van der Waals surface area (Å²) in [4.78, 5) is 11.0. The molecule has 0 heterocycles. The van der Waals surface area contributed by atoms with E-state index in [-0.39, 0.29) is 6.71 Å². The molecule has 0 unspecified atom stereocenters. The molecule has 71 valence electrons. The maximum absolute atomic E-state index is 11.0. The van der Waals surface area contributed by atoms with Gasteiger partial charge in [-0.15, -0.1) is 0 Å². The summed E-state index contributed by atoms with van der Waals surface area (Å²) in [6.07, 6.45) is 2.08. The summed E-state index contributed by atoms with van der Waals surface area (Å²) >= 11 is 0. The van der Waals surface area contributed by atoms with Crippen LogP contribution in [-0.2, 0) is 4.79 Å². The fourth-order valence-electron chi connectivity index (χ4n) is 1.62. The maximum Gasteiger partial charge on any atom is 0.297 e. The second kappa shape index (κ2) is 4.60. The summed E-state index contributed by atoms with van der Waals surface area (Å²) in [6, 6.07) is 19.4. The Labute approximate surface area is 89.8 Å². The summed E-state index contributed by atoms with van der Waals surface area (Å²) < 4.78 is 0. The van der Waals surface area contributed by atoms with Gasteiger partial charge in [-0.25, -0.2) is 0 Å². The van der Waals surface area contributed by atoms with Gasteiger partial charge in [-0.3, -0.25) is 0 Å². The van der Waals surface area contributed by atoms with Gasteiger partial charge >= 0.3 is 0 Å². The van der Waals surface area contributed by atoms with Crippen LogP contribution in [0.4, 0.5) is 0 Å². The lowest BCUT2D eigenvalue weighted by atomic mass is 9.42. The number of hydrogen-bond donors (Lipinski definition) is 0. The van der Waals surface area contributed by atoms with Crippen molar-refractivity contribution in [3.05, 3.63) is 60.7 Å². The van der Waals surface area contributed by atoms with Gasteiger partial charge in [0.05, 0.1) is 0 Å². The van der Waals surface area contributed by atoms with Crippen LogP contribution in [0.25, 0.3) is 0 Å². The van der Waals surface area contributed by atoms with Gasteiger partial charge in [-0.2, -0.15) is 0 Å². The molecule has 0 saturated heterocycles. The van der Waals surface area contributed by atoms with Crippen molar-refractivity contribution in [2.75, 3.05) is 0 Å². The number of benzene rings is 2. The quantitative estimate of drug-likeness (QED) is 0.663. The first kappa shape index (κ1) is 9.72. The summed E-state index contributed by atoms with van der Waals surface area (Å²) in [5.74, 6) is 0. The molecule has 1 nitrogen and oxygen atoms in total. The van der Waals surface area contributed by atoms with Gasteiger partial charge in [0.1, 0.15) is 0 Å². The first-order valence-electron chi connectivity index (χ1n) is 4.89. The van der Waals surface area contributed by atoms with Gasteiger partial charge in [0, 0.05) is 0 Å². The van der Waals surface area contributed by atoms with Gasteiger partial charge in [-0.1, -0.05) is 71.6 Å². The minimum atomic E-state index is -0.271. The minimum absolute atomic E-state index is 0.271. The second-order valence-electron chi connectivity index (χ2n) is 3.37. The fraction of sp³-hybridized carbons (Fsp3) is 0. The highest BCUT2D eigenvalue weighted by Gasteiger charge is 2.18. The molecule has 0 aliphatic carbocycles. The van der Waals surface area contributed by atoms with E-state index >= 15 is 0 Å². The first-order chi connectivity index (χ1) is 7.42. The van der Waals surface area contributed by atoms with Crippen molar-refractivity contribution in [1.29, 1.82) is 0 Å². The maximum atomic E-state index is 11.0. The van der Waals surface area contributed by atoms with E-state index in [1.165, 1.54) is 0 Å². The monoisotopic (exact) mass is 193 g/mol. The third-order valence-electron chi connectivity index (χ3n) is 2.38. The molecule has 2 aromatic rings. The van der Waals surface area contributed by atoms with Gasteiger partial charge < -0.3 is 4.79 Å². The summed E-state index contributed by atoms with van der Waals surface area (Å²) in [5, 5.41) is 0. The molecule has 15 heavy (non-hydrogen) atoms. The largest absolute Gasteiger partial charge is 0.303 e. The topological polar surface area (TPSA) is 17.1 Å². The number of rotatable bonds is 3. The Morgan fingerprint density at radius 1 is 0.733 bits per heavy atom. The summed E-state index contributed by atoms with van der Waals surface area (Å²) in [7, 11) is 0. The van der Waals surface area contributed by atoms with E-state index in [0.717, 1.165) is 10.9 Å². The van der Waals surface area contributed by atoms with Crippen LogP contribution in [0.1, 0.15) is 0 Å². The van der Waals surface area contributed by atoms with E-state index in [2.05, 4.69) is 6.19 Å². The van der Waals surface area contributed by atoms with Crippen molar-refractivity contribution >= 4 is 23.8 Å². The van der Waals surface area contributed by atoms with Gasteiger partial charge in [0.15, 0.2) is 6.19 Å². The Bertz CT molecular complexity index is 385. The van der Waals surface area contributed by atoms with Crippen LogP contribution < -0.4 is 10.9 Å². The third-order valence-corrected chi connectivity index (χ3v) is 2.38. The molecule has 0 aromatic heterocycles. The van der Waals surface area contributed by atoms with Crippen LogP contribution in [0.5, 0.6) is 0 Å². The molecule has 0 aliphatic rings. The van der Waals surface area contributed by atoms with Crippen molar-refractivity contribution in [1.82, 2.24) is 0 Å². The molecule has 0 atom stereocenters. The van der Waals surface area contributed by atoms with E-state index in [1.807, 2.05) is 60.7 Å². The zero-order chi connectivity index (χ0) is 10.5. The Balaban J connectivity index is 2.38. The molecule has 0 saturated carbocycles. The van der Waals surface area contributed by atoms with Crippen molar-refractivity contribution < 1.29 is 4.79 Å². The molecule has 0 amide bonds. The van der Waals surface area contributed by atoms with Gasteiger partial charge in [-0.05, 0) is 0 Å². The molecular weight excluding hydrogens is 183 g/mol. The average molecular weight is 193 g/mol. The van der Waals surface area contributed by atoms with Crippen LogP contribution in [0.15, 0.2) is 60.7 Å². The highest BCUT2D eigenvalue weighted by atomic mass is 16.1. The van der Waals surface area contributed by atoms with Crippen molar-refractivity contribution in [3.8, 4) is 0 Å². The lowest BCUT2D eigenvalue weighted by Gasteiger charge is -2.05. The third kappa shape index (κ3) is 2.16. The molecule has 0 bridgehead atoms. The van der Waals surface area contributed by atoms with Crippen LogP contribution in [0.3, 0.4) is 0 Å². The van der Waals surface area contributed by atoms with E-state index in [9.17, 15) is 4.79 Å². The second-order valence-corrected chi connectivity index (χ2v) is 3.37. The van der Waals surface area contributed by atoms with E-state index < -0.39 is 0 Å². The Kier molecular flexibility index (Phi) is 2.98. The van der Waals surface area contributed by atoms with Crippen molar-refractivity contribution in [2.24, 2.45) is 0 Å². The zero-order valence-electron chi connectivity index (χ0n) is 8.26. The van der Waals surface area contributed by atoms with Crippen molar-refractivity contribution in [3.63, 3.8) is 0 Å². The fourth-order valence-corrected chi connectivity index (χ4v) is 1.62. The lowest BCUT2D eigenvalue weighted by Crippen LogP contribution is -2.43. The zero-order valence-corrected chi connectivity index (χ0v) is 8.26. The molecular formula is C13H10BO. The summed E-state index contributed by atoms with van der Waals surface area (Å²) in [6.45, 7) is -0.271. The molecule has 0 N–H and O–H groups in total. The molecule has 2 rings (SSSR count). The van der Waals surface area contributed by atoms with Crippen molar-refractivity contribution in [2.45, 2.75) is 0 Å². The van der Waals surface area contributed by atoms with Gasteiger partial charge in [0.25, 0.3) is 6.71 Å². The predicted octanol–water partition coefficient (Wildman–Crippen LogP) is 0.945. The Morgan fingerprint density at radius 3 is 1.47 bits per heavy atom. The van der Waals surface area contributed by atoms with Crippen LogP contribution in [-0.4, -0.2) is 12.9 Å². The summed E-state index contributed by atoms with van der Waals surface area (Å²) in [5.41, 5.74) is 1.97.